The molecule has 206 valence electrons. The molecule has 41 heavy (non-hydrogen) atoms. The minimum Gasteiger partial charge on any atom is -0.323 e. The van der Waals surface area contributed by atoms with Crippen LogP contribution in [0.2, 0.25) is 5.02 Å². The second kappa shape index (κ2) is 11.1. The summed E-state index contributed by atoms with van der Waals surface area (Å²) in [5, 5.41) is 7.98. The molecular formula is C32H29ClN6O2. The lowest BCUT2D eigenvalue weighted by atomic mass is 9.96. The van der Waals surface area contributed by atoms with Gasteiger partial charge in [0.25, 0.3) is 5.56 Å². The number of rotatable bonds is 3. The molecule has 0 saturated carbocycles. The number of halogens is 1. The highest BCUT2D eigenvalue weighted by Gasteiger charge is 2.24. The van der Waals surface area contributed by atoms with Gasteiger partial charge in [0.1, 0.15) is 0 Å². The maximum atomic E-state index is 13.7. The molecule has 0 spiro atoms. The summed E-state index contributed by atoms with van der Waals surface area (Å²) in [5.74, 6) is -0.254. The number of pyridine rings is 1. The zero-order valence-electron chi connectivity index (χ0n) is 22.8. The van der Waals surface area contributed by atoms with Gasteiger partial charge in [-0.3, -0.25) is 23.8 Å². The van der Waals surface area contributed by atoms with Crippen molar-refractivity contribution < 1.29 is 4.79 Å². The van der Waals surface area contributed by atoms with E-state index >= 15 is 0 Å². The van der Waals surface area contributed by atoms with Gasteiger partial charge in [0, 0.05) is 41.4 Å². The van der Waals surface area contributed by atoms with E-state index < -0.39 is 0 Å². The van der Waals surface area contributed by atoms with Crippen LogP contribution in [0.5, 0.6) is 0 Å². The van der Waals surface area contributed by atoms with Crippen LogP contribution in [-0.4, -0.2) is 30.2 Å². The number of aromatic nitrogens is 5. The number of benzene rings is 2. The van der Waals surface area contributed by atoms with Crippen molar-refractivity contribution in [3.05, 3.63) is 107 Å². The molecular weight excluding hydrogens is 536 g/mol. The van der Waals surface area contributed by atoms with Crippen molar-refractivity contribution in [1.29, 1.82) is 0 Å². The largest absolute Gasteiger partial charge is 0.323 e. The molecule has 1 amide bonds. The first kappa shape index (κ1) is 26.7. The molecule has 0 fully saturated rings. The van der Waals surface area contributed by atoms with Crippen LogP contribution in [0.15, 0.2) is 90.2 Å². The highest BCUT2D eigenvalue weighted by molar-refractivity contribution is 6.31. The number of carbonyl (C=O) groups is 1. The van der Waals surface area contributed by atoms with Crippen LogP contribution in [0, 0.1) is 5.92 Å². The molecule has 2 atom stereocenters. The summed E-state index contributed by atoms with van der Waals surface area (Å²) in [6.07, 6.45) is 7.02. The average Bonchev–Trinajstić information content (AvgIpc) is 3.34. The van der Waals surface area contributed by atoms with Crippen molar-refractivity contribution in [2.75, 3.05) is 5.32 Å². The highest BCUT2D eigenvalue weighted by Crippen LogP contribution is 2.34. The first-order valence-corrected chi connectivity index (χ1v) is 14.0. The van der Waals surface area contributed by atoms with Crippen molar-refractivity contribution in [2.24, 2.45) is 13.0 Å². The topological polar surface area (TPSA) is 94.7 Å². The number of carbonyl (C=O) groups excluding carboxylic acids is 1. The predicted octanol–water partition coefficient (Wildman–Crippen LogP) is 6.37. The third-order valence-corrected chi connectivity index (χ3v) is 7.90. The van der Waals surface area contributed by atoms with E-state index in [1.807, 2.05) is 74.6 Å². The van der Waals surface area contributed by atoms with Crippen LogP contribution in [-0.2, 0) is 11.8 Å². The molecule has 6 rings (SSSR count). The van der Waals surface area contributed by atoms with Gasteiger partial charge in [-0.1, -0.05) is 61.3 Å². The minimum atomic E-state index is -0.358. The molecule has 1 N–H and O–H groups in total. The summed E-state index contributed by atoms with van der Waals surface area (Å²) in [6.45, 7) is 1.92. The summed E-state index contributed by atoms with van der Waals surface area (Å²) in [6, 6.07) is 20.6. The Labute approximate surface area is 242 Å². The summed E-state index contributed by atoms with van der Waals surface area (Å²) in [4.78, 5) is 36.1. The van der Waals surface area contributed by atoms with Crippen LogP contribution < -0.4 is 10.9 Å². The van der Waals surface area contributed by atoms with Gasteiger partial charge < -0.3 is 5.32 Å². The molecule has 0 aliphatic carbocycles. The average molecular weight is 565 g/mol. The van der Waals surface area contributed by atoms with Crippen LogP contribution in [0.25, 0.3) is 33.6 Å². The van der Waals surface area contributed by atoms with Gasteiger partial charge in [0.15, 0.2) is 0 Å². The Morgan fingerprint density at radius 2 is 1.76 bits per heavy atom. The van der Waals surface area contributed by atoms with E-state index in [0.717, 1.165) is 40.1 Å². The van der Waals surface area contributed by atoms with Crippen LogP contribution in [0.4, 0.5) is 5.69 Å². The standard InChI is InChI=1S/C32H29ClN6O2/c1-20-7-6-10-29(27-15-22(13-14-34-27)31-28(37-32(20)41)18-36-38(31)2)39-19-35-26(17-30(39)40)25-16-23(33)11-12-24(25)21-8-4-3-5-9-21/h3-5,8-9,11-20,29H,6-7,10H2,1-2H3,(H,37,41)/t20-,29+/m1/s1. The number of nitrogens with one attached hydrogen (secondary N) is 1. The third kappa shape index (κ3) is 5.30. The van der Waals surface area contributed by atoms with E-state index in [1.165, 1.54) is 0 Å². The second-order valence-electron chi connectivity index (χ2n) is 10.4. The zero-order chi connectivity index (χ0) is 28.5. The quantitative estimate of drug-likeness (QED) is 0.274. The van der Waals surface area contributed by atoms with E-state index in [9.17, 15) is 9.59 Å². The van der Waals surface area contributed by atoms with Gasteiger partial charge in [-0.15, -0.1) is 0 Å². The van der Waals surface area contributed by atoms with Gasteiger partial charge in [-0.25, -0.2) is 4.98 Å². The predicted molar refractivity (Wildman–Crippen MR) is 161 cm³/mol. The molecule has 4 heterocycles. The molecule has 5 aromatic rings. The Balaban J connectivity index is 1.44. The Hall–Kier alpha value is -4.56. The molecule has 8 nitrogen and oxygen atoms in total. The molecule has 0 unspecified atom stereocenters. The molecule has 9 heteroatoms. The Bertz CT molecular complexity index is 1800. The molecule has 3 aromatic heterocycles. The van der Waals surface area contributed by atoms with Gasteiger partial charge in [0.05, 0.1) is 41.3 Å². The Kier molecular flexibility index (Phi) is 7.24. The van der Waals surface area contributed by atoms with Crippen molar-refractivity contribution >= 4 is 23.2 Å². The SMILES string of the molecule is C[C@@H]1CCC[C@H](n2cnc(-c3cc(Cl)ccc3-c3ccccc3)cc2=O)c2cc(ccn2)-c2c(cnn2C)NC1=O. The molecule has 2 bridgehead atoms. The third-order valence-electron chi connectivity index (χ3n) is 7.67. The first-order chi connectivity index (χ1) is 19.9. The fraction of sp³-hybridized carbons (Fsp3) is 0.219. The van der Waals surface area contributed by atoms with E-state index in [0.29, 0.717) is 29.2 Å². The summed E-state index contributed by atoms with van der Waals surface area (Å²) in [7, 11) is 1.84. The van der Waals surface area contributed by atoms with Gasteiger partial charge in [0.2, 0.25) is 5.91 Å². The van der Waals surface area contributed by atoms with Crippen molar-refractivity contribution in [1.82, 2.24) is 24.3 Å². The minimum absolute atomic E-state index is 0.0513. The van der Waals surface area contributed by atoms with E-state index in [4.69, 9.17) is 16.6 Å². The summed E-state index contributed by atoms with van der Waals surface area (Å²) < 4.78 is 3.38. The zero-order valence-corrected chi connectivity index (χ0v) is 23.5. The lowest BCUT2D eigenvalue weighted by molar-refractivity contribution is -0.119. The summed E-state index contributed by atoms with van der Waals surface area (Å²) in [5.41, 5.74) is 6.14. The van der Waals surface area contributed by atoms with E-state index in [2.05, 4.69) is 15.4 Å². The number of hydrogen-bond acceptors (Lipinski definition) is 5. The van der Waals surface area contributed by atoms with Crippen LogP contribution in [0.3, 0.4) is 0 Å². The maximum Gasteiger partial charge on any atom is 0.254 e. The monoisotopic (exact) mass is 564 g/mol. The normalized spacial score (nSPS) is 17.2. The second-order valence-corrected chi connectivity index (χ2v) is 10.8. The van der Waals surface area contributed by atoms with Crippen molar-refractivity contribution in [3.63, 3.8) is 0 Å². The van der Waals surface area contributed by atoms with Crippen molar-refractivity contribution in [3.8, 4) is 33.6 Å². The highest BCUT2D eigenvalue weighted by atomic mass is 35.5. The number of fused-ring (bicyclic) bond motifs is 4. The van der Waals surface area contributed by atoms with Gasteiger partial charge in [-0.05, 0) is 48.2 Å². The number of aryl methyl sites for hydroxylation is 1. The lowest BCUT2D eigenvalue weighted by Crippen LogP contribution is -2.27. The number of nitrogens with zero attached hydrogens (tertiary/aromatic N) is 5. The molecule has 1 aliphatic rings. The molecule has 1 aliphatic heterocycles. The van der Waals surface area contributed by atoms with E-state index in [-0.39, 0.29) is 23.4 Å². The maximum absolute atomic E-state index is 13.7. The number of hydrogen-bond donors (Lipinski definition) is 1. The lowest BCUT2D eigenvalue weighted by Gasteiger charge is -2.22. The molecule has 0 saturated heterocycles. The molecule has 0 radical (unpaired) electrons. The molecule has 2 aromatic carbocycles. The van der Waals surface area contributed by atoms with Crippen molar-refractivity contribution in [2.45, 2.75) is 32.2 Å². The van der Waals surface area contributed by atoms with Crippen LogP contribution >= 0.6 is 11.6 Å². The Morgan fingerprint density at radius 1 is 0.927 bits per heavy atom. The summed E-state index contributed by atoms with van der Waals surface area (Å²) >= 11 is 6.38. The van der Waals surface area contributed by atoms with E-state index in [1.54, 1.807) is 34.0 Å². The number of amides is 1. The Morgan fingerprint density at radius 3 is 2.56 bits per heavy atom. The fourth-order valence-corrected chi connectivity index (χ4v) is 5.64. The fourth-order valence-electron chi connectivity index (χ4n) is 5.47. The smallest absolute Gasteiger partial charge is 0.254 e. The van der Waals surface area contributed by atoms with Gasteiger partial charge >= 0.3 is 0 Å². The van der Waals surface area contributed by atoms with Crippen LogP contribution in [0.1, 0.15) is 37.9 Å². The first-order valence-electron chi connectivity index (χ1n) is 13.6. The number of anilines is 1. The van der Waals surface area contributed by atoms with Gasteiger partial charge in [-0.2, -0.15) is 5.10 Å².